The third kappa shape index (κ3) is 2.11. The number of benzene rings is 1. The van der Waals surface area contributed by atoms with Crippen molar-refractivity contribution in [3.8, 4) is 0 Å². The third-order valence-corrected chi connectivity index (χ3v) is 4.51. The van der Waals surface area contributed by atoms with Gasteiger partial charge in [0.2, 0.25) is 0 Å². The van der Waals surface area contributed by atoms with Crippen LogP contribution in [0.2, 0.25) is 0 Å². The minimum Gasteiger partial charge on any atom is -0.310 e. The van der Waals surface area contributed by atoms with Crippen molar-refractivity contribution in [3.63, 3.8) is 0 Å². The second-order valence-corrected chi connectivity index (χ2v) is 6.23. The van der Waals surface area contributed by atoms with Gasteiger partial charge in [-0.3, -0.25) is 0 Å². The molecular formula is C15H20FN. The largest absolute Gasteiger partial charge is 0.310 e. The minimum absolute atomic E-state index is 0.104. The van der Waals surface area contributed by atoms with Crippen molar-refractivity contribution in [2.45, 2.75) is 39.2 Å². The Bertz CT molecular complexity index is 439. The molecule has 0 aromatic heterocycles. The van der Waals surface area contributed by atoms with Crippen LogP contribution in [0.5, 0.6) is 0 Å². The Labute approximate surface area is 102 Å². The van der Waals surface area contributed by atoms with Gasteiger partial charge in [0.05, 0.1) is 0 Å². The van der Waals surface area contributed by atoms with Crippen molar-refractivity contribution in [2.24, 2.45) is 11.3 Å². The van der Waals surface area contributed by atoms with Gasteiger partial charge in [-0.15, -0.1) is 0 Å². The first kappa shape index (κ1) is 11.2. The van der Waals surface area contributed by atoms with Crippen LogP contribution in [0.15, 0.2) is 18.2 Å². The Morgan fingerprint density at radius 1 is 1.41 bits per heavy atom. The van der Waals surface area contributed by atoms with E-state index in [2.05, 4.69) is 19.2 Å². The van der Waals surface area contributed by atoms with E-state index in [1.54, 1.807) is 12.1 Å². The summed E-state index contributed by atoms with van der Waals surface area (Å²) in [5.74, 6) is 0.722. The van der Waals surface area contributed by atoms with Crippen molar-refractivity contribution in [1.29, 1.82) is 0 Å². The summed E-state index contributed by atoms with van der Waals surface area (Å²) in [7, 11) is 0. The van der Waals surface area contributed by atoms with Gasteiger partial charge in [0.15, 0.2) is 0 Å². The number of fused-ring (bicyclic) bond motifs is 1. The first-order valence-corrected chi connectivity index (χ1v) is 6.58. The van der Waals surface area contributed by atoms with Crippen LogP contribution in [0.3, 0.4) is 0 Å². The van der Waals surface area contributed by atoms with Gasteiger partial charge < -0.3 is 5.32 Å². The third-order valence-electron chi connectivity index (χ3n) is 4.51. The molecule has 0 radical (unpaired) electrons. The summed E-state index contributed by atoms with van der Waals surface area (Å²) >= 11 is 0. The molecule has 2 aliphatic carbocycles. The van der Waals surface area contributed by atoms with Crippen molar-refractivity contribution < 1.29 is 4.39 Å². The fraction of sp³-hybridized carbons (Fsp3) is 0.600. The molecular weight excluding hydrogens is 213 g/mol. The predicted molar refractivity (Wildman–Crippen MR) is 67.4 cm³/mol. The number of aryl methyl sites for hydroxylation is 1. The smallest absolute Gasteiger partial charge is 0.123 e. The number of nitrogens with one attached hydrogen (secondary N) is 1. The Hall–Kier alpha value is -0.890. The number of rotatable bonds is 3. The zero-order valence-corrected chi connectivity index (χ0v) is 10.6. The topological polar surface area (TPSA) is 12.0 Å². The van der Waals surface area contributed by atoms with E-state index < -0.39 is 0 Å². The Kier molecular flexibility index (Phi) is 2.51. The molecule has 17 heavy (non-hydrogen) atoms. The lowest BCUT2D eigenvalue weighted by Gasteiger charge is -2.14. The highest BCUT2D eigenvalue weighted by Crippen LogP contribution is 2.51. The second-order valence-electron chi connectivity index (χ2n) is 6.23. The monoisotopic (exact) mass is 233 g/mol. The highest BCUT2D eigenvalue weighted by Gasteiger charge is 2.45. The number of halogens is 1. The molecule has 1 aromatic rings. The van der Waals surface area contributed by atoms with Crippen molar-refractivity contribution in [3.05, 3.63) is 35.1 Å². The van der Waals surface area contributed by atoms with Gasteiger partial charge in [-0.2, -0.15) is 0 Å². The lowest BCUT2D eigenvalue weighted by Crippen LogP contribution is -2.22. The maximum absolute atomic E-state index is 13.1. The van der Waals surface area contributed by atoms with E-state index in [4.69, 9.17) is 0 Å². The number of hydrogen-bond donors (Lipinski definition) is 1. The zero-order valence-electron chi connectivity index (χ0n) is 10.6. The standard InChI is InChI=1S/C15H20FN/c1-15(2)8-11(15)9-17-14-6-3-10-7-12(16)4-5-13(10)14/h4-5,7,11,14,17H,3,6,8-9H2,1-2H3. The number of hydrogen-bond acceptors (Lipinski definition) is 1. The van der Waals surface area contributed by atoms with Gasteiger partial charge in [0.1, 0.15) is 5.82 Å². The summed E-state index contributed by atoms with van der Waals surface area (Å²) in [4.78, 5) is 0. The average Bonchev–Trinajstić information content (AvgIpc) is 2.71. The molecule has 0 heterocycles. The molecule has 2 unspecified atom stereocenters. The molecule has 1 nitrogen and oxygen atoms in total. The van der Waals surface area contributed by atoms with Crippen molar-refractivity contribution >= 4 is 0 Å². The van der Waals surface area contributed by atoms with Crippen LogP contribution in [0.1, 0.15) is 43.9 Å². The molecule has 0 saturated heterocycles. The highest BCUT2D eigenvalue weighted by molar-refractivity contribution is 5.35. The van der Waals surface area contributed by atoms with Crippen molar-refractivity contribution in [2.75, 3.05) is 6.54 Å². The van der Waals surface area contributed by atoms with Gasteiger partial charge in [-0.05, 0) is 60.4 Å². The Morgan fingerprint density at radius 3 is 2.88 bits per heavy atom. The van der Waals surface area contributed by atoms with E-state index in [9.17, 15) is 4.39 Å². The Balaban J connectivity index is 1.64. The maximum Gasteiger partial charge on any atom is 0.123 e. The van der Waals surface area contributed by atoms with Crippen LogP contribution in [0.25, 0.3) is 0 Å². The molecule has 2 aliphatic rings. The van der Waals surface area contributed by atoms with Crippen LogP contribution < -0.4 is 5.32 Å². The van der Waals surface area contributed by atoms with E-state index >= 15 is 0 Å². The van der Waals surface area contributed by atoms with Crippen LogP contribution in [-0.4, -0.2) is 6.54 Å². The van der Waals surface area contributed by atoms with Gasteiger partial charge in [-0.1, -0.05) is 19.9 Å². The predicted octanol–water partition coefficient (Wildman–Crippen LogP) is 3.45. The molecule has 0 amide bonds. The molecule has 0 bridgehead atoms. The summed E-state index contributed by atoms with van der Waals surface area (Å²) in [6, 6.07) is 5.67. The van der Waals surface area contributed by atoms with Gasteiger partial charge in [0, 0.05) is 6.04 Å². The van der Waals surface area contributed by atoms with Gasteiger partial charge >= 0.3 is 0 Å². The second kappa shape index (κ2) is 3.81. The van der Waals surface area contributed by atoms with Gasteiger partial charge in [-0.25, -0.2) is 4.39 Å². The molecule has 2 heteroatoms. The quantitative estimate of drug-likeness (QED) is 0.843. The average molecular weight is 233 g/mol. The molecule has 0 spiro atoms. The van der Waals surface area contributed by atoms with E-state index in [1.807, 2.05) is 6.07 Å². The first-order valence-electron chi connectivity index (χ1n) is 6.58. The van der Waals surface area contributed by atoms with Gasteiger partial charge in [0.25, 0.3) is 0 Å². The van der Waals surface area contributed by atoms with Crippen LogP contribution in [0, 0.1) is 17.2 Å². The SMILES string of the molecule is CC1(C)CC1CNC1CCc2cc(F)ccc21. The molecule has 0 aliphatic heterocycles. The van der Waals surface area contributed by atoms with E-state index in [0.29, 0.717) is 11.5 Å². The van der Waals surface area contributed by atoms with Crippen LogP contribution in [0.4, 0.5) is 4.39 Å². The minimum atomic E-state index is -0.104. The maximum atomic E-state index is 13.1. The van der Waals surface area contributed by atoms with E-state index in [0.717, 1.165) is 25.3 Å². The van der Waals surface area contributed by atoms with Crippen molar-refractivity contribution in [1.82, 2.24) is 5.32 Å². The zero-order chi connectivity index (χ0) is 12.0. The van der Waals surface area contributed by atoms with E-state index in [-0.39, 0.29) is 5.82 Å². The molecule has 3 rings (SSSR count). The summed E-state index contributed by atoms with van der Waals surface area (Å²) < 4.78 is 13.1. The van der Waals surface area contributed by atoms with Crippen LogP contribution >= 0.6 is 0 Å². The fourth-order valence-electron chi connectivity index (χ4n) is 3.01. The lowest BCUT2D eigenvalue weighted by atomic mass is 10.1. The molecule has 1 saturated carbocycles. The first-order chi connectivity index (χ1) is 8.06. The normalized spacial score (nSPS) is 29.1. The summed E-state index contributed by atoms with van der Waals surface area (Å²) in [5, 5.41) is 3.65. The summed E-state index contributed by atoms with van der Waals surface area (Å²) in [6.45, 7) is 5.77. The molecule has 1 N–H and O–H groups in total. The van der Waals surface area contributed by atoms with E-state index in [1.165, 1.54) is 17.5 Å². The molecule has 2 atom stereocenters. The molecule has 1 aromatic carbocycles. The fourth-order valence-corrected chi connectivity index (χ4v) is 3.01. The Morgan fingerprint density at radius 2 is 2.18 bits per heavy atom. The highest BCUT2D eigenvalue weighted by atomic mass is 19.1. The summed E-state index contributed by atoms with van der Waals surface area (Å²) in [6.07, 6.45) is 3.47. The molecule has 1 fully saturated rings. The molecule has 92 valence electrons. The summed E-state index contributed by atoms with van der Waals surface area (Å²) in [5.41, 5.74) is 3.04. The lowest BCUT2D eigenvalue weighted by molar-refractivity contribution is 0.466. The van der Waals surface area contributed by atoms with Crippen LogP contribution in [-0.2, 0) is 6.42 Å².